The van der Waals surface area contributed by atoms with Crippen LogP contribution < -0.4 is 5.43 Å². The van der Waals surface area contributed by atoms with E-state index in [1.807, 2.05) is 27.7 Å². The van der Waals surface area contributed by atoms with Crippen molar-refractivity contribution in [2.45, 2.75) is 52.2 Å². The van der Waals surface area contributed by atoms with Gasteiger partial charge in [-0.15, -0.1) is 10.2 Å². The summed E-state index contributed by atoms with van der Waals surface area (Å²) < 4.78 is 20.5. The number of pyridine rings is 1. The van der Waals surface area contributed by atoms with Crippen molar-refractivity contribution in [2.24, 2.45) is 0 Å². The van der Waals surface area contributed by atoms with E-state index in [9.17, 15) is 19.1 Å². The number of hydrogen-bond donors (Lipinski definition) is 1. The number of carbonyl (C=O) groups is 1. The Morgan fingerprint density at radius 3 is 2.56 bits per heavy atom. The Hall–Kier alpha value is -3.11. The van der Waals surface area contributed by atoms with Gasteiger partial charge in [-0.25, -0.2) is 4.39 Å². The summed E-state index contributed by atoms with van der Waals surface area (Å²) in [6.45, 7) is 8.47. The van der Waals surface area contributed by atoms with Crippen molar-refractivity contribution in [1.29, 1.82) is 0 Å². The highest BCUT2D eigenvalue weighted by atomic mass is 32.1. The van der Waals surface area contributed by atoms with Crippen LogP contribution in [0.4, 0.5) is 4.39 Å². The molecule has 1 amide bonds. The van der Waals surface area contributed by atoms with E-state index in [2.05, 4.69) is 10.2 Å². The third-order valence-corrected chi connectivity index (χ3v) is 6.97. The van der Waals surface area contributed by atoms with Gasteiger partial charge in [0.05, 0.1) is 24.3 Å². The van der Waals surface area contributed by atoms with Crippen LogP contribution in [-0.4, -0.2) is 56.0 Å². The number of ether oxygens (including phenoxy) is 1. The lowest BCUT2D eigenvalue weighted by Crippen LogP contribution is -2.55. The molecule has 4 rings (SSSR count). The highest BCUT2D eigenvalue weighted by Crippen LogP contribution is 2.34. The summed E-state index contributed by atoms with van der Waals surface area (Å²) in [6.07, 6.45) is 2.02. The molecule has 0 saturated carbocycles. The van der Waals surface area contributed by atoms with Gasteiger partial charge in [0.25, 0.3) is 5.91 Å². The Balaban J connectivity index is 1.74. The van der Waals surface area contributed by atoms with E-state index in [0.717, 1.165) is 5.56 Å². The summed E-state index contributed by atoms with van der Waals surface area (Å²) in [5.74, 6) is -1.32. The van der Waals surface area contributed by atoms with E-state index in [0.29, 0.717) is 29.6 Å². The topological polar surface area (TPSA) is 97.5 Å². The number of fused-ring (bicyclic) bond motifs is 1. The minimum absolute atomic E-state index is 0.0289. The zero-order valence-electron chi connectivity index (χ0n) is 19.5. The zero-order chi connectivity index (χ0) is 24.6. The number of aromatic nitrogens is 3. The quantitative estimate of drug-likeness (QED) is 0.548. The molecule has 2 aromatic heterocycles. The number of nitrogens with zero attached hydrogens (tertiary/aromatic N) is 4. The Kier molecular flexibility index (Phi) is 6.81. The molecule has 3 aromatic rings. The maximum Gasteiger partial charge on any atom is 0.275 e. The average Bonchev–Trinajstić information content (AvgIpc) is 3.26. The van der Waals surface area contributed by atoms with Crippen LogP contribution in [0.1, 0.15) is 54.8 Å². The van der Waals surface area contributed by atoms with Gasteiger partial charge in [0.15, 0.2) is 16.5 Å². The van der Waals surface area contributed by atoms with Crippen LogP contribution in [0.25, 0.3) is 10.6 Å². The molecule has 180 valence electrons. The fourth-order valence-electron chi connectivity index (χ4n) is 4.28. The Morgan fingerprint density at radius 2 is 1.91 bits per heavy atom. The molecule has 3 heterocycles. The van der Waals surface area contributed by atoms with E-state index in [4.69, 9.17) is 4.74 Å². The van der Waals surface area contributed by atoms with Gasteiger partial charge in [-0.1, -0.05) is 23.5 Å². The molecule has 1 aliphatic heterocycles. The van der Waals surface area contributed by atoms with Gasteiger partial charge >= 0.3 is 0 Å². The third-order valence-electron chi connectivity index (χ3n) is 6.02. The second kappa shape index (κ2) is 9.63. The second-order valence-corrected chi connectivity index (χ2v) is 9.62. The maximum atomic E-state index is 13.3. The Labute approximate surface area is 200 Å². The first kappa shape index (κ1) is 24.0. The fourth-order valence-corrected chi connectivity index (χ4v) is 5.16. The van der Waals surface area contributed by atoms with Crippen LogP contribution >= 0.6 is 11.3 Å². The molecule has 10 heteroatoms. The zero-order valence-corrected chi connectivity index (χ0v) is 20.3. The molecule has 1 N–H and O–H groups in total. The smallest absolute Gasteiger partial charge is 0.275 e. The molecular weight excluding hydrogens is 459 g/mol. The number of amides is 1. The molecular formula is C24H27FN4O4S. The van der Waals surface area contributed by atoms with E-state index in [1.54, 1.807) is 27.8 Å². The van der Waals surface area contributed by atoms with Crippen LogP contribution in [0.3, 0.4) is 0 Å². The normalized spacial score (nSPS) is 17.9. The molecule has 0 aliphatic carbocycles. The van der Waals surface area contributed by atoms with E-state index >= 15 is 0 Å². The SMILES string of the molecule is CCOC[C@H]1[C@@H](C)n2cc(-c3nnc(Cc4ccc(F)cc4)s3)c(=O)c(O)c2C(=O)N1C(C)C. The second-order valence-electron chi connectivity index (χ2n) is 8.55. The molecule has 1 aromatic carbocycles. The predicted octanol–water partition coefficient (Wildman–Crippen LogP) is 3.63. The Bertz CT molecular complexity index is 1250. The van der Waals surface area contributed by atoms with Crippen LogP contribution in [0.15, 0.2) is 35.3 Å². The van der Waals surface area contributed by atoms with Gasteiger partial charge in [0.1, 0.15) is 10.8 Å². The molecule has 8 nitrogen and oxygen atoms in total. The van der Waals surface area contributed by atoms with E-state index in [-0.39, 0.29) is 35.2 Å². The summed E-state index contributed by atoms with van der Waals surface area (Å²) in [4.78, 5) is 28.1. The van der Waals surface area contributed by atoms with E-state index in [1.165, 1.54) is 23.5 Å². The van der Waals surface area contributed by atoms with Crippen LogP contribution in [0.2, 0.25) is 0 Å². The molecule has 2 atom stereocenters. The minimum atomic E-state index is -0.664. The highest BCUT2D eigenvalue weighted by molar-refractivity contribution is 7.14. The number of benzene rings is 1. The van der Waals surface area contributed by atoms with Crippen molar-refractivity contribution in [3.63, 3.8) is 0 Å². The van der Waals surface area contributed by atoms with Crippen molar-refractivity contribution in [2.75, 3.05) is 13.2 Å². The summed E-state index contributed by atoms with van der Waals surface area (Å²) in [7, 11) is 0. The van der Waals surface area contributed by atoms with Gasteiger partial charge in [-0.2, -0.15) is 0 Å². The lowest BCUT2D eigenvalue weighted by atomic mass is 9.99. The standard InChI is InChI=1S/C24H27FN4O4S/c1-5-33-12-18-14(4)28-11-17(21(30)22(31)20(28)24(32)29(18)13(2)3)23-27-26-19(34-23)10-15-6-8-16(25)9-7-15/h6-9,11,13-14,18,31H,5,10,12H2,1-4H3/t14-,18+/m1/s1. The summed E-state index contributed by atoms with van der Waals surface area (Å²) in [6, 6.07) is 5.44. The van der Waals surface area contributed by atoms with Gasteiger partial charge in [-0.05, 0) is 45.4 Å². The minimum Gasteiger partial charge on any atom is -0.503 e. The van der Waals surface area contributed by atoms with Crippen LogP contribution in [0.5, 0.6) is 5.75 Å². The third kappa shape index (κ3) is 4.35. The van der Waals surface area contributed by atoms with Crippen molar-refractivity contribution in [1.82, 2.24) is 19.7 Å². The number of carbonyl (C=O) groups excluding carboxylic acids is 1. The van der Waals surface area contributed by atoms with Crippen LogP contribution in [-0.2, 0) is 11.2 Å². The van der Waals surface area contributed by atoms with Gasteiger partial charge in [-0.3, -0.25) is 9.59 Å². The molecule has 0 spiro atoms. The lowest BCUT2D eigenvalue weighted by molar-refractivity contribution is 0.0124. The number of hydrogen-bond acceptors (Lipinski definition) is 7. The molecule has 0 saturated heterocycles. The number of halogens is 1. The predicted molar refractivity (Wildman–Crippen MR) is 127 cm³/mol. The molecule has 0 radical (unpaired) electrons. The molecule has 0 unspecified atom stereocenters. The first-order valence-corrected chi connectivity index (χ1v) is 12.0. The monoisotopic (exact) mass is 486 g/mol. The van der Waals surface area contributed by atoms with E-state index < -0.39 is 17.1 Å². The molecule has 0 fully saturated rings. The van der Waals surface area contributed by atoms with Crippen LogP contribution in [0, 0.1) is 5.82 Å². The Morgan fingerprint density at radius 1 is 1.21 bits per heavy atom. The lowest BCUT2D eigenvalue weighted by Gasteiger charge is -2.44. The molecule has 34 heavy (non-hydrogen) atoms. The summed E-state index contributed by atoms with van der Waals surface area (Å²) in [5, 5.41) is 20.1. The first-order valence-electron chi connectivity index (χ1n) is 11.2. The maximum absolute atomic E-state index is 13.3. The highest BCUT2D eigenvalue weighted by Gasteiger charge is 2.41. The van der Waals surface area contributed by atoms with Gasteiger partial charge < -0.3 is 19.3 Å². The average molecular weight is 487 g/mol. The number of aromatic hydroxyl groups is 1. The first-order chi connectivity index (χ1) is 16.2. The molecule has 0 bridgehead atoms. The largest absolute Gasteiger partial charge is 0.503 e. The van der Waals surface area contributed by atoms with Crippen molar-refractivity contribution in [3.05, 3.63) is 62.8 Å². The molecule has 1 aliphatic rings. The number of rotatable bonds is 7. The summed E-state index contributed by atoms with van der Waals surface area (Å²) in [5.41, 5.74) is 0.347. The van der Waals surface area contributed by atoms with Gasteiger partial charge in [0.2, 0.25) is 5.43 Å². The van der Waals surface area contributed by atoms with Crippen molar-refractivity contribution < 1.29 is 19.0 Å². The van der Waals surface area contributed by atoms with Gasteiger partial charge in [0, 0.05) is 25.3 Å². The van der Waals surface area contributed by atoms with Crippen molar-refractivity contribution in [3.8, 4) is 16.3 Å². The van der Waals surface area contributed by atoms with Crippen molar-refractivity contribution >= 4 is 17.2 Å². The summed E-state index contributed by atoms with van der Waals surface area (Å²) >= 11 is 1.22. The fraction of sp³-hybridized carbons (Fsp3) is 0.417.